The number of amides is 1. The summed E-state index contributed by atoms with van der Waals surface area (Å²) >= 11 is 6.22. The standard InChI is InChI=1S/C21H17ClFNO4/c22-15-11-13(12-19-20(15)27-10-9-26-19)7-8-24-21(25)18-6-5-17(28-18)14-3-1-2-4-16(14)23/h1-6,11-12H,7-10H2,(H,24,25). The normalized spacial score (nSPS) is 12.6. The number of ether oxygens (including phenoxy) is 2. The second-order valence-electron chi connectivity index (χ2n) is 6.25. The number of furan rings is 1. The zero-order valence-electron chi connectivity index (χ0n) is 14.8. The van der Waals surface area contributed by atoms with Gasteiger partial charge in [-0.1, -0.05) is 23.7 Å². The third-order valence-corrected chi connectivity index (χ3v) is 4.61. The molecule has 0 radical (unpaired) electrons. The summed E-state index contributed by atoms with van der Waals surface area (Å²) in [6.45, 7) is 1.33. The Bertz CT molecular complexity index is 1020. The van der Waals surface area contributed by atoms with Crippen LogP contribution in [0, 0.1) is 5.82 Å². The molecule has 1 aliphatic heterocycles. The van der Waals surface area contributed by atoms with Crippen LogP contribution >= 0.6 is 11.6 Å². The molecule has 0 aliphatic carbocycles. The molecule has 2 aromatic carbocycles. The van der Waals surface area contributed by atoms with Gasteiger partial charge in [-0.05, 0) is 48.4 Å². The minimum atomic E-state index is -0.403. The number of benzene rings is 2. The van der Waals surface area contributed by atoms with Crippen molar-refractivity contribution in [3.05, 3.63) is 70.7 Å². The van der Waals surface area contributed by atoms with E-state index in [1.807, 2.05) is 6.07 Å². The third kappa shape index (κ3) is 3.82. The highest BCUT2D eigenvalue weighted by Crippen LogP contribution is 2.38. The molecule has 4 rings (SSSR count). The average Bonchev–Trinajstić information content (AvgIpc) is 3.18. The molecule has 28 heavy (non-hydrogen) atoms. The van der Waals surface area contributed by atoms with Crippen LogP contribution in [-0.4, -0.2) is 25.7 Å². The van der Waals surface area contributed by atoms with Crippen molar-refractivity contribution in [2.24, 2.45) is 0 Å². The van der Waals surface area contributed by atoms with Crippen molar-refractivity contribution in [3.63, 3.8) is 0 Å². The zero-order valence-corrected chi connectivity index (χ0v) is 15.6. The number of rotatable bonds is 5. The van der Waals surface area contributed by atoms with Gasteiger partial charge in [0, 0.05) is 6.54 Å². The first-order valence-corrected chi connectivity index (χ1v) is 9.20. The number of halogens is 2. The monoisotopic (exact) mass is 401 g/mol. The lowest BCUT2D eigenvalue weighted by Gasteiger charge is -2.20. The largest absolute Gasteiger partial charge is 0.486 e. The summed E-state index contributed by atoms with van der Waals surface area (Å²) in [4.78, 5) is 12.3. The molecule has 2 heterocycles. The lowest BCUT2D eigenvalue weighted by molar-refractivity contribution is 0.0927. The van der Waals surface area contributed by atoms with Crippen LogP contribution in [0.2, 0.25) is 5.02 Å². The van der Waals surface area contributed by atoms with Gasteiger partial charge in [0.2, 0.25) is 0 Å². The first kappa shape index (κ1) is 18.4. The molecule has 144 valence electrons. The molecule has 0 spiro atoms. The van der Waals surface area contributed by atoms with Crippen molar-refractivity contribution in [2.75, 3.05) is 19.8 Å². The Labute approximate surface area is 166 Å². The lowest BCUT2D eigenvalue weighted by atomic mass is 10.1. The highest BCUT2D eigenvalue weighted by atomic mass is 35.5. The van der Waals surface area contributed by atoms with Crippen LogP contribution in [-0.2, 0) is 6.42 Å². The van der Waals surface area contributed by atoms with Gasteiger partial charge in [0.25, 0.3) is 5.91 Å². The van der Waals surface area contributed by atoms with E-state index in [0.29, 0.717) is 54.0 Å². The maximum atomic E-state index is 13.8. The predicted molar refractivity (Wildman–Crippen MR) is 103 cm³/mol. The maximum Gasteiger partial charge on any atom is 0.287 e. The van der Waals surface area contributed by atoms with Crippen LogP contribution in [0.3, 0.4) is 0 Å². The molecule has 0 saturated carbocycles. The molecular formula is C21H17ClFNO4. The molecule has 1 aliphatic rings. The molecule has 1 aromatic heterocycles. The van der Waals surface area contributed by atoms with Gasteiger partial charge in [0.15, 0.2) is 17.3 Å². The smallest absolute Gasteiger partial charge is 0.287 e. The quantitative estimate of drug-likeness (QED) is 0.684. The van der Waals surface area contributed by atoms with Crippen LogP contribution in [0.1, 0.15) is 16.1 Å². The van der Waals surface area contributed by atoms with Crippen molar-refractivity contribution in [1.82, 2.24) is 5.32 Å². The summed E-state index contributed by atoms with van der Waals surface area (Å²) in [5.74, 6) is 0.823. The van der Waals surface area contributed by atoms with E-state index in [2.05, 4.69) is 5.32 Å². The molecule has 0 fully saturated rings. The van der Waals surface area contributed by atoms with Gasteiger partial charge in [0.1, 0.15) is 24.8 Å². The van der Waals surface area contributed by atoms with Crippen LogP contribution < -0.4 is 14.8 Å². The Kier molecular flexibility index (Phi) is 5.21. The molecule has 0 bridgehead atoms. The fourth-order valence-electron chi connectivity index (χ4n) is 2.98. The van der Waals surface area contributed by atoms with E-state index in [1.165, 1.54) is 12.1 Å². The minimum absolute atomic E-state index is 0.124. The Morgan fingerprint density at radius 1 is 1.11 bits per heavy atom. The molecule has 1 N–H and O–H groups in total. The highest BCUT2D eigenvalue weighted by molar-refractivity contribution is 6.32. The third-order valence-electron chi connectivity index (χ3n) is 4.32. The fourth-order valence-corrected chi connectivity index (χ4v) is 3.27. The van der Waals surface area contributed by atoms with E-state index in [4.69, 9.17) is 25.5 Å². The molecule has 1 amide bonds. The number of carbonyl (C=O) groups is 1. The van der Waals surface area contributed by atoms with Gasteiger partial charge < -0.3 is 19.2 Å². The summed E-state index contributed by atoms with van der Waals surface area (Å²) in [5.41, 5.74) is 1.23. The van der Waals surface area contributed by atoms with Gasteiger partial charge in [-0.15, -0.1) is 0 Å². The molecule has 0 unspecified atom stereocenters. The molecule has 5 nitrogen and oxygen atoms in total. The summed E-state index contributed by atoms with van der Waals surface area (Å²) in [5, 5.41) is 3.27. The van der Waals surface area contributed by atoms with Crippen LogP contribution in [0.5, 0.6) is 11.5 Å². The number of carbonyl (C=O) groups excluding carboxylic acids is 1. The van der Waals surface area contributed by atoms with Crippen LogP contribution in [0.15, 0.2) is 52.9 Å². The van der Waals surface area contributed by atoms with Gasteiger partial charge in [-0.3, -0.25) is 4.79 Å². The number of hydrogen-bond acceptors (Lipinski definition) is 4. The summed E-state index contributed by atoms with van der Waals surface area (Å²) < 4.78 is 30.4. The molecule has 3 aromatic rings. The van der Waals surface area contributed by atoms with Crippen LogP contribution in [0.25, 0.3) is 11.3 Å². The fraction of sp³-hybridized carbons (Fsp3) is 0.190. The molecule has 7 heteroatoms. The summed E-state index contributed by atoms with van der Waals surface area (Å²) in [6.07, 6.45) is 0.559. The number of nitrogens with one attached hydrogen (secondary N) is 1. The summed E-state index contributed by atoms with van der Waals surface area (Å²) in [7, 11) is 0. The van der Waals surface area contributed by atoms with E-state index in [9.17, 15) is 9.18 Å². The van der Waals surface area contributed by atoms with Crippen molar-refractivity contribution >= 4 is 17.5 Å². The number of hydrogen-bond donors (Lipinski definition) is 1. The van der Waals surface area contributed by atoms with Crippen molar-refractivity contribution < 1.29 is 23.1 Å². The molecular weight excluding hydrogens is 385 g/mol. The second-order valence-corrected chi connectivity index (χ2v) is 6.66. The van der Waals surface area contributed by atoms with E-state index in [-0.39, 0.29) is 11.7 Å². The summed E-state index contributed by atoms with van der Waals surface area (Å²) in [6, 6.07) is 13.0. The molecule has 0 saturated heterocycles. The van der Waals surface area contributed by atoms with Crippen LogP contribution in [0.4, 0.5) is 4.39 Å². The van der Waals surface area contributed by atoms with Gasteiger partial charge in [-0.25, -0.2) is 4.39 Å². The maximum absolute atomic E-state index is 13.8. The highest BCUT2D eigenvalue weighted by Gasteiger charge is 2.17. The van der Waals surface area contributed by atoms with Gasteiger partial charge >= 0.3 is 0 Å². The minimum Gasteiger partial charge on any atom is -0.486 e. The van der Waals surface area contributed by atoms with E-state index in [1.54, 1.807) is 30.3 Å². The van der Waals surface area contributed by atoms with Crippen molar-refractivity contribution in [2.45, 2.75) is 6.42 Å². The Hall–Kier alpha value is -2.99. The Morgan fingerprint density at radius 2 is 1.93 bits per heavy atom. The Balaban J connectivity index is 1.38. The van der Waals surface area contributed by atoms with Gasteiger partial charge in [-0.2, -0.15) is 0 Å². The first-order chi connectivity index (χ1) is 13.6. The second kappa shape index (κ2) is 7.94. The van der Waals surface area contributed by atoms with Crippen molar-refractivity contribution in [3.8, 4) is 22.8 Å². The van der Waals surface area contributed by atoms with Crippen molar-refractivity contribution in [1.29, 1.82) is 0 Å². The predicted octanol–water partition coefficient (Wildman–Crippen LogP) is 4.48. The Morgan fingerprint density at radius 3 is 2.79 bits per heavy atom. The number of fused-ring (bicyclic) bond motifs is 1. The van der Waals surface area contributed by atoms with E-state index < -0.39 is 5.82 Å². The van der Waals surface area contributed by atoms with E-state index in [0.717, 1.165) is 5.56 Å². The lowest BCUT2D eigenvalue weighted by Crippen LogP contribution is -2.25. The molecule has 0 atom stereocenters. The first-order valence-electron chi connectivity index (χ1n) is 8.83. The zero-order chi connectivity index (χ0) is 19.5. The topological polar surface area (TPSA) is 60.7 Å². The average molecular weight is 402 g/mol. The van der Waals surface area contributed by atoms with E-state index >= 15 is 0 Å². The SMILES string of the molecule is O=C(NCCc1cc(Cl)c2c(c1)OCCO2)c1ccc(-c2ccccc2F)o1. The van der Waals surface area contributed by atoms with Gasteiger partial charge in [0.05, 0.1) is 10.6 Å².